The molecule has 0 bridgehead atoms. The number of hydrogen-bond donors (Lipinski definition) is 1. The van der Waals surface area contributed by atoms with Crippen LogP contribution in [0.1, 0.15) is 29.5 Å². The van der Waals surface area contributed by atoms with Gasteiger partial charge in [-0.15, -0.1) is 0 Å². The first-order chi connectivity index (χ1) is 10.3. The molecule has 3 nitrogen and oxygen atoms in total. The first-order valence-electron chi connectivity index (χ1n) is 7.12. The van der Waals surface area contributed by atoms with E-state index in [0.717, 1.165) is 16.7 Å². The van der Waals surface area contributed by atoms with Crippen LogP contribution in [0.15, 0.2) is 47.4 Å². The Balaban J connectivity index is 2.09. The summed E-state index contributed by atoms with van der Waals surface area (Å²) in [6.07, 6.45) is 0. The summed E-state index contributed by atoms with van der Waals surface area (Å²) in [5.41, 5.74) is 2.89. The number of halogens is 1. The lowest BCUT2D eigenvalue weighted by atomic mass is 10.0. The standard InChI is InChI=1S/C17H20FNO2S/c1-12-4-9-17(10-13(12)2)22(20,21)19-11-14(3)15-5-7-16(18)8-6-15/h4-10,14,19H,11H2,1-3H3. The van der Waals surface area contributed by atoms with Crippen LogP contribution in [0, 0.1) is 19.7 Å². The van der Waals surface area contributed by atoms with Crippen molar-refractivity contribution in [1.82, 2.24) is 4.72 Å². The van der Waals surface area contributed by atoms with Gasteiger partial charge in [0.25, 0.3) is 0 Å². The summed E-state index contributed by atoms with van der Waals surface area (Å²) in [6.45, 7) is 5.99. The highest BCUT2D eigenvalue weighted by Crippen LogP contribution is 2.18. The molecule has 0 fully saturated rings. The fourth-order valence-electron chi connectivity index (χ4n) is 2.11. The molecule has 0 amide bonds. The van der Waals surface area contributed by atoms with Gasteiger partial charge in [0.2, 0.25) is 10.0 Å². The molecule has 22 heavy (non-hydrogen) atoms. The number of hydrogen-bond acceptors (Lipinski definition) is 2. The molecule has 2 rings (SSSR count). The summed E-state index contributed by atoms with van der Waals surface area (Å²) in [7, 11) is -3.53. The van der Waals surface area contributed by atoms with Crippen LogP contribution in [0.4, 0.5) is 4.39 Å². The zero-order valence-corrected chi connectivity index (χ0v) is 13.7. The highest BCUT2D eigenvalue weighted by molar-refractivity contribution is 7.89. The van der Waals surface area contributed by atoms with Crippen molar-refractivity contribution < 1.29 is 12.8 Å². The molecule has 1 N–H and O–H groups in total. The minimum Gasteiger partial charge on any atom is -0.211 e. The molecule has 0 spiro atoms. The van der Waals surface area contributed by atoms with Crippen molar-refractivity contribution in [2.24, 2.45) is 0 Å². The van der Waals surface area contributed by atoms with Gasteiger partial charge < -0.3 is 0 Å². The average molecular weight is 321 g/mol. The molecule has 0 aliphatic rings. The molecule has 2 aromatic rings. The molecule has 0 aliphatic carbocycles. The molecule has 0 radical (unpaired) electrons. The third-order valence-electron chi connectivity index (χ3n) is 3.81. The van der Waals surface area contributed by atoms with Gasteiger partial charge in [0.1, 0.15) is 5.82 Å². The minimum absolute atomic E-state index is 0.0399. The molecule has 0 aliphatic heterocycles. The van der Waals surface area contributed by atoms with E-state index in [9.17, 15) is 12.8 Å². The Bertz CT molecular complexity index is 755. The second-order valence-electron chi connectivity index (χ2n) is 5.55. The summed E-state index contributed by atoms with van der Waals surface area (Å²) in [5, 5.41) is 0. The van der Waals surface area contributed by atoms with E-state index in [4.69, 9.17) is 0 Å². The van der Waals surface area contributed by atoms with Crippen LogP contribution in [-0.2, 0) is 10.0 Å². The molecule has 0 heterocycles. The lowest BCUT2D eigenvalue weighted by molar-refractivity contribution is 0.574. The maximum Gasteiger partial charge on any atom is 0.240 e. The van der Waals surface area contributed by atoms with Crippen LogP contribution >= 0.6 is 0 Å². The lowest BCUT2D eigenvalue weighted by Crippen LogP contribution is -2.27. The molecule has 118 valence electrons. The van der Waals surface area contributed by atoms with E-state index >= 15 is 0 Å². The van der Waals surface area contributed by atoms with E-state index in [1.807, 2.05) is 20.8 Å². The molecule has 0 aromatic heterocycles. The molecular weight excluding hydrogens is 301 g/mol. The van der Waals surface area contributed by atoms with Crippen molar-refractivity contribution in [3.8, 4) is 0 Å². The van der Waals surface area contributed by atoms with E-state index in [1.165, 1.54) is 12.1 Å². The number of rotatable bonds is 5. The summed E-state index contributed by atoms with van der Waals surface area (Å²) >= 11 is 0. The van der Waals surface area contributed by atoms with Crippen LogP contribution in [0.3, 0.4) is 0 Å². The maximum absolute atomic E-state index is 12.9. The molecular formula is C17H20FNO2S. The SMILES string of the molecule is Cc1ccc(S(=O)(=O)NCC(C)c2ccc(F)cc2)cc1C. The lowest BCUT2D eigenvalue weighted by Gasteiger charge is -2.14. The van der Waals surface area contributed by atoms with Crippen LogP contribution in [-0.4, -0.2) is 15.0 Å². The van der Waals surface area contributed by atoms with Gasteiger partial charge >= 0.3 is 0 Å². The fraction of sp³-hybridized carbons (Fsp3) is 0.294. The Labute approximate surface area is 131 Å². The smallest absolute Gasteiger partial charge is 0.211 e. The van der Waals surface area contributed by atoms with Crippen LogP contribution in [0.2, 0.25) is 0 Å². The van der Waals surface area contributed by atoms with Crippen molar-refractivity contribution in [2.75, 3.05) is 6.54 Å². The predicted octanol–water partition coefficient (Wildman–Crippen LogP) is 3.52. The average Bonchev–Trinajstić information content (AvgIpc) is 2.48. The summed E-state index contributed by atoms with van der Waals surface area (Å²) in [5.74, 6) is -0.339. The number of sulfonamides is 1. The second-order valence-corrected chi connectivity index (χ2v) is 7.32. The van der Waals surface area contributed by atoms with Crippen molar-refractivity contribution in [3.63, 3.8) is 0 Å². The zero-order chi connectivity index (χ0) is 16.3. The van der Waals surface area contributed by atoms with Gasteiger partial charge in [-0.3, -0.25) is 0 Å². The topological polar surface area (TPSA) is 46.2 Å². The zero-order valence-electron chi connectivity index (χ0n) is 12.9. The fourth-order valence-corrected chi connectivity index (χ4v) is 3.32. The van der Waals surface area contributed by atoms with Crippen molar-refractivity contribution in [2.45, 2.75) is 31.6 Å². The van der Waals surface area contributed by atoms with Gasteiger partial charge in [-0.05, 0) is 60.7 Å². The van der Waals surface area contributed by atoms with Crippen LogP contribution in [0.25, 0.3) is 0 Å². The Hall–Kier alpha value is -1.72. The van der Waals surface area contributed by atoms with Crippen LogP contribution in [0.5, 0.6) is 0 Å². The molecule has 1 atom stereocenters. The summed E-state index contributed by atoms with van der Waals surface area (Å²) < 4.78 is 40.1. The normalized spacial score (nSPS) is 13.1. The first kappa shape index (κ1) is 16.6. The molecule has 1 unspecified atom stereocenters. The van der Waals surface area contributed by atoms with Gasteiger partial charge in [-0.25, -0.2) is 17.5 Å². The Morgan fingerprint density at radius 3 is 2.27 bits per heavy atom. The van der Waals surface area contributed by atoms with Gasteiger partial charge in [0.15, 0.2) is 0 Å². The Morgan fingerprint density at radius 1 is 1.05 bits per heavy atom. The highest BCUT2D eigenvalue weighted by Gasteiger charge is 2.16. The predicted molar refractivity (Wildman–Crippen MR) is 85.9 cm³/mol. The third kappa shape index (κ3) is 3.93. The van der Waals surface area contributed by atoms with Crippen molar-refractivity contribution in [3.05, 3.63) is 65.0 Å². The van der Waals surface area contributed by atoms with E-state index < -0.39 is 10.0 Å². The molecule has 5 heteroatoms. The number of nitrogens with one attached hydrogen (secondary N) is 1. The van der Waals surface area contributed by atoms with E-state index in [-0.39, 0.29) is 23.2 Å². The first-order valence-corrected chi connectivity index (χ1v) is 8.60. The molecule has 0 saturated heterocycles. The monoisotopic (exact) mass is 321 g/mol. The second kappa shape index (κ2) is 6.58. The van der Waals surface area contributed by atoms with Gasteiger partial charge in [-0.1, -0.05) is 25.1 Å². The van der Waals surface area contributed by atoms with Gasteiger partial charge in [0.05, 0.1) is 4.90 Å². The van der Waals surface area contributed by atoms with Gasteiger partial charge in [0, 0.05) is 6.54 Å². The van der Waals surface area contributed by atoms with E-state index in [1.54, 1.807) is 30.3 Å². The maximum atomic E-state index is 12.9. The largest absolute Gasteiger partial charge is 0.240 e. The minimum atomic E-state index is -3.53. The third-order valence-corrected chi connectivity index (χ3v) is 5.23. The molecule has 0 saturated carbocycles. The Morgan fingerprint density at radius 2 is 1.68 bits per heavy atom. The van der Waals surface area contributed by atoms with E-state index in [0.29, 0.717) is 0 Å². The van der Waals surface area contributed by atoms with E-state index in [2.05, 4.69) is 4.72 Å². The van der Waals surface area contributed by atoms with Gasteiger partial charge in [-0.2, -0.15) is 0 Å². The highest BCUT2D eigenvalue weighted by atomic mass is 32.2. The van der Waals surface area contributed by atoms with Crippen molar-refractivity contribution >= 4 is 10.0 Å². The number of benzene rings is 2. The van der Waals surface area contributed by atoms with Crippen LogP contribution < -0.4 is 4.72 Å². The summed E-state index contributed by atoms with van der Waals surface area (Å²) in [4.78, 5) is 0.266. The quantitative estimate of drug-likeness (QED) is 0.916. The summed E-state index contributed by atoms with van der Waals surface area (Å²) in [6, 6.07) is 11.2. The Kier molecular flexibility index (Phi) is 4.98. The number of aryl methyl sites for hydroxylation is 2. The van der Waals surface area contributed by atoms with Crippen molar-refractivity contribution in [1.29, 1.82) is 0 Å². The molecule has 2 aromatic carbocycles.